The van der Waals surface area contributed by atoms with Gasteiger partial charge in [0, 0.05) is 24.3 Å². The lowest BCUT2D eigenvalue weighted by atomic mass is 9.98. The molecular formula is C16H23N3. The van der Waals surface area contributed by atoms with Crippen LogP contribution in [0.4, 0.5) is 0 Å². The Morgan fingerprint density at radius 2 is 1.95 bits per heavy atom. The Hall–Kier alpha value is -1.61. The van der Waals surface area contributed by atoms with Crippen molar-refractivity contribution in [1.29, 1.82) is 0 Å². The first-order valence-corrected chi connectivity index (χ1v) is 6.83. The number of rotatable bonds is 4. The third kappa shape index (κ3) is 2.87. The van der Waals surface area contributed by atoms with Crippen LogP contribution in [0.15, 0.2) is 24.4 Å². The molecule has 0 atom stereocenters. The molecule has 0 unspecified atom stereocenters. The second-order valence-corrected chi connectivity index (χ2v) is 5.39. The summed E-state index contributed by atoms with van der Waals surface area (Å²) in [4.78, 5) is 0. The number of aryl methyl sites for hydroxylation is 2. The Kier molecular flexibility index (Phi) is 4.05. The summed E-state index contributed by atoms with van der Waals surface area (Å²) in [6.07, 6.45) is 2.16. The second-order valence-electron chi connectivity index (χ2n) is 5.39. The summed E-state index contributed by atoms with van der Waals surface area (Å²) < 4.78 is 2.04. The van der Waals surface area contributed by atoms with Crippen molar-refractivity contribution in [3.05, 3.63) is 41.2 Å². The Labute approximate surface area is 115 Å². The molecule has 0 bridgehead atoms. The Balaban J connectivity index is 2.53. The van der Waals surface area contributed by atoms with E-state index in [-0.39, 0.29) is 0 Å². The molecule has 3 nitrogen and oxygen atoms in total. The van der Waals surface area contributed by atoms with Crippen LogP contribution in [0.2, 0.25) is 0 Å². The molecule has 0 aliphatic rings. The number of hydrogen-bond donors (Lipinski definition) is 1. The van der Waals surface area contributed by atoms with Crippen LogP contribution < -0.4 is 5.32 Å². The number of nitrogens with one attached hydrogen (secondary N) is 1. The average molecular weight is 257 g/mol. The van der Waals surface area contributed by atoms with Crippen molar-refractivity contribution < 1.29 is 0 Å². The minimum absolute atomic E-state index is 0.394. The smallest absolute Gasteiger partial charge is 0.0672 e. The summed E-state index contributed by atoms with van der Waals surface area (Å²) in [5, 5.41) is 7.85. The molecule has 2 rings (SSSR count). The summed E-state index contributed by atoms with van der Waals surface area (Å²) in [6.45, 7) is 9.40. The molecule has 1 aromatic heterocycles. The molecule has 0 fully saturated rings. The van der Waals surface area contributed by atoms with Gasteiger partial charge in [0.2, 0.25) is 0 Å². The van der Waals surface area contributed by atoms with Crippen LogP contribution in [-0.4, -0.2) is 16.8 Å². The SMILES string of the molecule is CNCc1ccc(C)cc1-c1cn(C(C)C)nc1C. The summed E-state index contributed by atoms with van der Waals surface area (Å²) in [6, 6.07) is 7.01. The summed E-state index contributed by atoms with van der Waals surface area (Å²) >= 11 is 0. The summed E-state index contributed by atoms with van der Waals surface area (Å²) in [7, 11) is 1.98. The fourth-order valence-corrected chi connectivity index (χ4v) is 2.30. The highest BCUT2D eigenvalue weighted by Gasteiger charge is 2.12. The third-order valence-electron chi connectivity index (χ3n) is 3.37. The van der Waals surface area contributed by atoms with Crippen molar-refractivity contribution >= 4 is 0 Å². The molecule has 2 aromatic rings. The largest absolute Gasteiger partial charge is 0.316 e. The maximum atomic E-state index is 4.61. The molecule has 0 saturated carbocycles. The second kappa shape index (κ2) is 5.57. The number of benzene rings is 1. The fraction of sp³-hybridized carbons (Fsp3) is 0.438. The molecule has 3 heteroatoms. The fourth-order valence-electron chi connectivity index (χ4n) is 2.30. The zero-order valence-electron chi connectivity index (χ0n) is 12.5. The molecule has 0 spiro atoms. The Morgan fingerprint density at radius 1 is 1.21 bits per heavy atom. The minimum Gasteiger partial charge on any atom is -0.316 e. The third-order valence-corrected chi connectivity index (χ3v) is 3.37. The van der Waals surface area contributed by atoms with E-state index < -0.39 is 0 Å². The molecule has 102 valence electrons. The van der Waals surface area contributed by atoms with Crippen molar-refractivity contribution in [1.82, 2.24) is 15.1 Å². The van der Waals surface area contributed by atoms with Crippen molar-refractivity contribution in [3.8, 4) is 11.1 Å². The van der Waals surface area contributed by atoms with Crippen LogP contribution in [0.5, 0.6) is 0 Å². The van der Waals surface area contributed by atoms with Gasteiger partial charge in [0.15, 0.2) is 0 Å². The number of nitrogens with zero attached hydrogens (tertiary/aromatic N) is 2. The Morgan fingerprint density at radius 3 is 2.53 bits per heavy atom. The lowest BCUT2D eigenvalue weighted by molar-refractivity contribution is 0.529. The van der Waals surface area contributed by atoms with Gasteiger partial charge in [-0.05, 0) is 45.9 Å². The van der Waals surface area contributed by atoms with E-state index in [9.17, 15) is 0 Å². The molecule has 0 saturated heterocycles. The predicted octanol–water partition coefficient (Wildman–Crippen LogP) is 3.47. The van der Waals surface area contributed by atoms with E-state index in [1.165, 1.54) is 22.3 Å². The van der Waals surface area contributed by atoms with E-state index in [0.717, 1.165) is 12.2 Å². The number of hydrogen-bond acceptors (Lipinski definition) is 2. The van der Waals surface area contributed by atoms with Crippen LogP contribution in [0.1, 0.15) is 36.7 Å². The molecule has 0 radical (unpaired) electrons. The quantitative estimate of drug-likeness (QED) is 0.909. The predicted molar refractivity (Wildman–Crippen MR) is 80.3 cm³/mol. The molecule has 1 aromatic carbocycles. The maximum Gasteiger partial charge on any atom is 0.0672 e. The van der Waals surface area contributed by atoms with Crippen LogP contribution in [0, 0.1) is 13.8 Å². The highest BCUT2D eigenvalue weighted by Crippen LogP contribution is 2.28. The van der Waals surface area contributed by atoms with Crippen molar-refractivity contribution in [2.75, 3.05) is 7.05 Å². The molecule has 1 heterocycles. The lowest BCUT2D eigenvalue weighted by Crippen LogP contribution is -2.06. The van der Waals surface area contributed by atoms with Gasteiger partial charge in [0.1, 0.15) is 0 Å². The van der Waals surface area contributed by atoms with Gasteiger partial charge in [0.05, 0.1) is 5.69 Å². The van der Waals surface area contributed by atoms with E-state index in [2.05, 4.69) is 62.5 Å². The van der Waals surface area contributed by atoms with Crippen molar-refractivity contribution in [3.63, 3.8) is 0 Å². The van der Waals surface area contributed by atoms with Crippen LogP contribution in [0.3, 0.4) is 0 Å². The Bertz CT molecular complexity index is 567. The topological polar surface area (TPSA) is 29.9 Å². The maximum absolute atomic E-state index is 4.61. The minimum atomic E-state index is 0.394. The van der Waals surface area contributed by atoms with Crippen LogP contribution >= 0.6 is 0 Å². The van der Waals surface area contributed by atoms with Gasteiger partial charge in [-0.1, -0.05) is 23.8 Å². The van der Waals surface area contributed by atoms with Gasteiger partial charge in [0.25, 0.3) is 0 Å². The first-order valence-electron chi connectivity index (χ1n) is 6.83. The van der Waals surface area contributed by atoms with Gasteiger partial charge in [-0.3, -0.25) is 4.68 Å². The molecule has 1 N–H and O–H groups in total. The zero-order valence-corrected chi connectivity index (χ0v) is 12.5. The molecule has 0 amide bonds. The number of aromatic nitrogens is 2. The lowest BCUT2D eigenvalue weighted by Gasteiger charge is -2.10. The first kappa shape index (κ1) is 13.8. The van der Waals surface area contributed by atoms with Gasteiger partial charge in [-0.25, -0.2) is 0 Å². The molecule has 0 aliphatic heterocycles. The van der Waals surface area contributed by atoms with Crippen LogP contribution in [-0.2, 0) is 6.54 Å². The zero-order chi connectivity index (χ0) is 14.0. The van der Waals surface area contributed by atoms with Crippen molar-refractivity contribution in [2.24, 2.45) is 0 Å². The monoisotopic (exact) mass is 257 g/mol. The van der Waals surface area contributed by atoms with E-state index in [1.807, 2.05) is 11.7 Å². The molecule has 19 heavy (non-hydrogen) atoms. The highest BCUT2D eigenvalue weighted by molar-refractivity contribution is 5.69. The average Bonchev–Trinajstić information content (AvgIpc) is 2.74. The van der Waals surface area contributed by atoms with E-state index in [4.69, 9.17) is 0 Å². The molecular weight excluding hydrogens is 234 g/mol. The first-order chi connectivity index (χ1) is 9.02. The van der Waals surface area contributed by atoms with Gasteiger partial charge in [-0.2, -0.15) is 5.10 Å². The van der Waals surface area contributed by atoms with Crippen molar-refractivity contribution in [2.45, 2.75) is 40.3 Å². The van der Waals surface area contributed by atoms with E-state index in [0.29, 0.717) is 6.04 Å². The van der Waals surface area contributed by atoms with E-state index in [1.54, 1.807) is 0 Å². The van der Waals surface area contributed by atoms with Gasteiger partial charge >= 0.3 is 0 Å². The van der Waals surface area contributed by atoms with E-state index >= 15 is 0 Å². The van der Waals surface area contributed by atoms with Gasteiger partial charge < -0.3 is 5.32 Å². The highest BCUT2D eigenvalue weighted by atomic mass is 15.3. The summed E-state index contributed by atoms with van der Waals surface area (Å²) in [5.74, 6) is 0. The standard InChI is InChI=1S/C16H23N3/c1-11(2)19-10-16(13(4)18-19)15-8-12(3)6-7-14(15)9-17-5/h6-8,10-11,17H,9H2,1-5H3. The van der Waals surface area contributed by atoms with Gasteiger partial charge in [-0.15, -0.1) is 0 Å². The molecule has 0 aliphatic carbocycles. The van der Waals surface area contributed by atoms with Crippen LogP contribution in [0.25, 0.3) is 11.1 Å². The summed E-state index contributed by atoms with van der Waals surface area (Å²) in [5.41, 5.74) is 6.23. The normalized spacial score (nSPS) is 11.3.